The number of methoxy groups -OCH3 is 1. The lowest BCUT2D eigenvalue weighted by atomic mass is 9.95. The van der Waals surface area contributed by atoms with Crippen LogP contribution in [0.2, 0.25) is 0 Å². The first-order valence-electron chi connectivity index (χ1n) is 5.58. The molecular formula is C13H18O2. The quantitative estimate of drug-likeness (QED) is 0.716. The van der Waals surface area contributed by atoms with Crippen LogP contribution in [0.1, 0.15) is 42.1 Å². The van der Waals surface area contributed by atoms with Gasteiger partial charge in [-0.25, -0.2) is 0 Å². The van der Waals surface area contributed by atoms with E-state index in [0.29, 0.717) is 0 Å². The summed E-state index contributed by atoms with van der Waals surface area (Å²) in [6.07, 6.45) is 3.83. The second kappa shape index (κ2) is 4.23. The first-order chi connectivity index (χ1) is 7.24. The van der Waals surface area contributed by atoms with Crippen molar-refractivity contribution in [3.05, 3.63) is 28.8 Å². The second-order valence-electron chi connectivity index (χ2n) is 4.24. The van der Waals surface area contributed by atoms with Crippen LogP contribution in [-0.2, 0) is 6.42 Å². The molecule has 0 radical (unpaired) electrons. The lowest BCUT2D eigenvalue weighted by Gasteiger charge is -2.17. The van der Waals surface area contributed by atoms with Crippen molar-refractivity contribution in [1.29, 1.82) is 0 Å². The summed E-state index contributed by atoms with van der Waals surface area (Å²) >= 11 is 0. The Labute approximate surface area is 90.9 Å². The van der Waals surface area contributed by atoms with E-state index in [9.17, 15) is 5.11 Å². The van der Waals surface area contributed by atoms with Crippen molar-refractivity contribution in [1.82, 2.24) is 0 Å². The van der Waals surface area contributed by atoms with Crippen LogP contribution in [0.25, 0.3) is 0 Å². The fourth-order valence-electron chi connectivity index (χ4n) is 2.46. The van der Waals surface area contributed by atoms with E-state index in [1.54, 1.807) is 7.11 Å². The lowest BCUT2D eigenvalue weighted by molar-refractivity contribution is 0.165. The third-order valence-electron chi connectivity index (χ3n) is 3.24. The van der Waals surface area contributed by atoms with Crippen LogP contribution in [0.5, 0.6) is 5.75 Å². The van der Waals surface area contributed by atoms with Gasteiger partial charge in [-0.1, -0.05) is 12.5 Å². The molecule has 1 aliphatic rings. The Balaban J connectivity index is 2.55. The van der Waals surface area contributed by atoms with Crippen molar-refractivity contribution in [2.75, 3.05) is 7.11 Å². The van der Waals surface area contributed by atoms with Gasteiger partial charge in [-0.3, -0.25) is 0 Å². The topological polar surface area (TPSA) is 29.5 Å². The zero-order chi connectivity index (χ0) is 10.8. The molecule has 0 fully saturated rings. The van der Waals surface area contributed by atoms with E-state index in [1.165, 1.54) is 11.1 Å². The van der Waals surface area contributed by atoms with E-state index >= 15 is 0 Å². The van der Waals surface area contributed by atoms with E-state index in [-0.39, 0.29) is 6.10 Å². The molecule has 1 aromatic rings. The van der Waals surface area contributed by atoms with E-state index in [2.05, 4.69) is 6.92 Å². The number of aryl methyl sites for hydroxylation is 1. The molecule has 1 N–H and O–H groups in total. The highest BCUT2D eigenvalue weighted by Crippen LogP contribution is 2.36. The molecule has 0 saturated carbocycles. The zero-order valence-corrected chi connectivity index (χ0v) is 9.42. The molecule has 0 spiro atoms. The smallest absolute Gasteiger partial charge is 0.122 e. The summed E-state index contributed by atoms with van der Waals surface area (Å²) in [6, 6.07) is 4.04. The Morgan fingerprint density at radius 1 is 1.33 bits per heavy atom. The van der Waals surface area contributed by atoms with Crippen molar-refractivity contribution in [3.8, 4) is 5.75 Å². The summed E-state index contributed by atoms with van der Waals surface area (Å²) in [5.41, 5.74) is 3.49. The minimum Gasteiger partial charge on any atom is -0.496 e. The summed E-state index contributed by atoms with van der Waals surface area (Å²) in [7, 11) is 1.70. The highest BCUT2D eigenvalue weighted by Gasteiger charge is 2.21. The van der Waals surface area contributed by atoms with E-state index in [0.717, 1.165) is 37.0 Å². The Kier molecular flexibility index (Phi) is 2.96. The molecule has 15 heavy (non-hydrogen) atoms. The number of aliphatic hydroxyl groups excluding tert-OH is 1. The highest BCUT2D eigenvalue weighted by molar-refractivity contribution is 5.46. The fourth-order valence-corrected chi connectivity index (χ4v) is 2.46. The minimum absolute atomic E-state index is 0.308. The van der Waals surface area contributed by atoms with Crippen molar-refractivity contribution < 1.29 is 9.84 Å². The lowest BCUT2D eigenvalue weighted by Crippen LogP contribution is -2.03. The summed E-state index contributed by atoms with van der Waals surface area (Å²) < 4.78 is 5.36. The van der Waals surface area contributed by atoms with Gasteiger partial charge in [0.25, 0.3) is 0 Å². The molecule has 1 aromatic carbocycles. The number of fused-ring (bicyclic) bond motifs is 1. The van der Waals surface area contributed by atoms with Gasteiger partial charge in [0.15, 0.2) is 0 Å². The van der Waals surface area contributed by atoms with E-state index in [1.807, 2.05) is 12.1 Å². The van der Waals surface area contributed by atoms with Gasteiger partial charge in [0.1, 0.15) is 5.75 Å². The largest absolute Gasteiger partial charge is 0.496 e. The predicted octanol–water partition coefficient (Wildman–Crippen LogP) is 2.76. The Bertz CT molecular complexity index is 358. The molecule has 0 saturated heterocycles. The van der Waals surface area contributed by atoms with Crippen molar-refractivity contribution >= 4 is 0 Å². The fraction of sp³-hybridized carbons (Fsp3) is 0.538. The highest BCUT2D eigenvalue weighted by atomic mass is 16.5. The van der Waals surface area contributed by atoms with Gasteiger partial charge >= 0.3 is 0 Å². The third kappa shape index (κ3) is 1.86. The van der Waals surface area contributed by atoms with Gasteiger partial charge in [0.2, 0.25) is 0 Å². The number of aliphatic hydroxyl groups is 1. The maximum atomic E-state index is 10.1. The van der Waals surface area contributed by atoms with Crippen LogP contribution >= 0.6 is 0 Å². The molecule has 1 aliphatic carbocycles. The molecule has 0 heterocycles. The molecule has 1 atom stereocenters. The van der Waals surface area contributed by atoms with Crippen molar-refractivity contribution in [3.63, 3.8) is 0 Å². The number of hydrogen-bond acceptors (Lipinski definition) is 2. The Hall–Kier alpha value is -1.02. The van der Waals surface area contributed by atoms with Crippen LogP contribution in [-0.4, -0.2) is 12.2 Å². The summed E-state index contributed by atoms with van der Waals surface area (Å²) in [5.74, 6) is 0.927. The first kappa shape index (κ1) is 10.5. The molecule has 2 rings (SSSR count). The summed E-state index contributed by atoms with van der Waals surface area (Å²) in [4.78, 5) is 0. The molecule has 1 unspecified atom stereocenters. The second-order valence-corrected chi connectivity index (χ2v) is 4.24. The van der Waals surface area contributed by atoms with Gasteiger partial charge in [-0.2, -0.15) is 0 Å². The molecule has 0 aliphatic heterocycles. The number of rotatable bonds is 1. The van der Waals surface area contributed by atoms with Gasteiger partial charge < -0.3 is 9.84 Å². The predicted molar refractivity (Wildman–Crippen MR) is 60.2 cm³/mol. The van der Waals surface area contributed by atoms with Crippen LogP contribution in [0.4, 0.5) is 0 Å². The molecule has 2 nitrogen and oxygen atoms in total. The van der Waals surface area contributed by atoms with Gasteiger partial charge in [-0.15, -0.1) is 0 Å². The molecule has 82 valence electrons. The summed E-state index contributed by atoms with van der Waals surface area (Å²) in [6.45, 7) is 2.06. The first-order valence-corrected chi connectivity index (χ1v) is 5.58. The maximum Gasteiger partial charge on any atom is 0.122 e. The third-order valence-corrected chi connectivity index (χ3v) is 3.24. The van der Waals surface area contributed by atoms with Crippen molar-refractivity contribution in [2.45, 2.75) is 38.7 Å². The SMILES string of the molecule is COc1ccc(C)c2c1CCCCC2O. The Morgan fingerprint density at radius 2 is 2.13 bits per heavy atom. The monoisotopic (exact) mass is 206 g/mol. The standard InChI is InChI=1S/C13H18O2/c1-9-7-8-12(15-2)10-5-3-4-6-11(14)13(9)10/h7-8,11,14H,3-6H2,1-2H3. The van der Waals surface area contributed by atoms with Crippen LogP contribution < -0.4 is 4.74 Å². The van der Waals surface area contributed by atoms with Gasteiger partial charge in [0.05, 0.1) is 13.2 Å². The van der Waals surface area contributed by atoms with E-state index in [4.69, 9.17) is 4.74 Å². The average Bonchev–Trinajstić information content (AvgIpc) is 2.42. The molecule has 0 aromatic heterocycles. The van der Waals surface area contributed by atoms with E-state index < -0.39 is 0 Å². The maximum absolute atomic E-state index is 10.1. The van der Waals surface area contributed by atoms with Gasteiger partial charge in [0, 0.05) is 5.56 Å². The Morgan fingerprint density at radius 3 is 2.87 bits per heavy atom. The van der Waals surface area contributed by atoms with Crippen LogP contribution in [0, 0.1) is 6.92 Å². The average molecular weight is 206 g/mol. The molecule has 0 amide bonds. The molecular weight excluding hydrogens is 188 g/mol. The molecule has 0 bridgehead atoms. The zero-order valence-electron chi connectivity index (χ0n) is 9.42. The van der Waals surface area contributed by atoms with Gasteiger partial charge in [-0.05, 0) is 43.4 Å². The molecule has 2 heteroatoms. The van der Waals surface area contributed by atoms with Crippen LogP contribution in [0.3, 0.4) is 0 Å². The number of ether oxygens (including phenoxy) is 1. The summed E-state index contributed by atoms with van der Waals surface area (Å²) in [5, 5.41) is 10.1. The normalized spacial score (nSPS) is 20.6. The number of hydrogen-bond donors (Lipinski definition) is 1. The van der Waals surface area contributed by atoms with Crippen molar-refractivity contribution in [2.24, 2.45) is 0 Å². The minimum atomic E-state index is -0.308. The number of benzene rings is 1. The van der Waals surface area contributed by atoms with Crippen LogP contribution in [0.15, 0.2) is 12.1 Å².